The van der Waals surface area contributed by atoms with Crippen molar-refractivity contribution < 1.29 is 14.3 Å². The molecule has 0 aromatic carbocycles. The van der Waals surface area contributed by atoms with Crippen LogP contribution in [0.15, 0.2) is 24.3 Å². The lowest BCUT2D eigenvalue weighted by molar-refractivity contribution is -0.211. The van der Waals surface area contributed by atoms with Crippen LogP contribution >= 0.6 is 0 Å². The lowest BCUT2D eigenvalue weighted by atomic mass is 9.33. The summed E-state index contributed by atoms with van der Waals surface area (Å²) in [5, 5.41) is 7.99. The summed E-state index contributed by atoms with van der Waals surface area (Å²) in [6.07, 6.45) is 15.5. The third-order valence-electron chi connectivity index (χ3n) is 14.3. The number of hydrogen-bond donors (Lipinski definition) is 0. The first-order chi connectivity index (χ1) is 18.7. The van der Waals surface area contributed by atoms with Gasteiger partial charge in [-0.15, -0.1) is 10.2 Å². The van der Waals surface area contributed by atoms with Gasteiger partial charge in [-0.3, -0.25) is 14.2 Å². The van der Waals surface area contributed by atoms with Gasteiger partial charge in [0, 0.05) is 12.3 Å². The zero-order valence-corrected chi connectivity index (χ0v) is 26.1. The van der Waals surface area contributed by atoms with Gasteiger partial charge in [0.05, 0.1) is 5.41 Å². The van der Waals surface area contributed by atoms with Gasteiger partial charge in [-0.2, -0.15) is 0 Å². The summed E-state index contributed by atoms with van der Waals surface area (Å²) in [6.45, 7) is 18.8. The quantitative estimate of drug-likeness (QED) is 0.282. The molecule has 5 aliphatic rings. The molecule has 0 saturated heterocycles. The van der Waals surface area contributed by atoms with Crippen molar-refractivity contribution in [2.24, 2.45) is 56.7 Å². The maximum atomic E-state index is 14.2. The normalized spacial score (nSPS) is 47.5. The van der Waals surface area contributed by atoms with Gasteiger partial charge in [-0.25, -0.2) is 0 Å². The highest BCUT2D eigenvalue weighted by Gasteiger charge is 2.69. The molecule has 0 radical (unpaired) electrons. The molecular formula is C34H51N3O3. The van der Waals surface area contributed by atoms with Crippen LogP contribution in [0.25, 0.3) is 0 Å². The lowest BCUT2D eigenvalue weighted by Gasteiger charge is -2.71. The first-order valence-corrected chi connectivity index (χ1v) is 16.0. The number of hydrogen-bond acceptors (Lipinski definition) is 5. The summed E-state index contributed by atoms with van der Waals surface area (Å²) in [4.78, 5) is 26.2. The van der Waals surface area contributed by atoms with E-state index in [4.69, 9.17) is 4.74 Å². The largest absolute Gasteiger partial charge is 0.462 e. The smallest absolute Gasteiger partial charge is 0.302 e. The number of fused-ring (bicyclic) bond motifs is 7. The van der Waals surface area contributed by atoms with Gasteiger partial charge in [-0.1, -0.05) is 60.1 Å². The van der Waals surface area contributed by atoms with Gasteiger partial charge in [0.25, 0.3) is 0 Å². The van der Waals surface area contributed by atoms with Crippen molar-refractivity contribution in [2.45, 2.75) is 119 Å². The Kier molecular flexibility index (Phi) is 6.34. The Morgan fingerprint density at radius 3 is 2.27 bits per heavy atom. The molecule has 1 aromatic heterocycles. The minimum Gasteiger partial charge on any atom is -0.462 e. The van der Waals surface area contributed by atoms with E-state index in [9.17, 15) is 9.59 Å². The predicted octanol–water partition coefficient (Wildman–Crippen LogP) is 7.51. The Labute approximate surface area is 241 Å². The molecule has 0 amide bonds. The van der Waals surface area contributed by atoms with Gasteiger partial charge < -0.3 is 4.74 Å². The van der Waals surface area contributed by atoms with Crippen molar-refractivity contribution in [3.8, 4) is 0 Å². The predicted molar refractivity (Wildman–Crippen MR) is 155 cm³/mol. The highest BCUT2D eigenvalue weighted by molar-refractivity contribution is 5.86. The molecule has 0 bridgehead atoms. The number of esters is 1. The number of aromatic nitrogens is 3. The summed E-state index contributed by atoms with van der Waals surface area (Å²) in [7, 11) is 0. The molecule has 220 valence electrons. The molecule has 5 aliphatic carbocycles. The maximum absolute atomic E-state index is 14.2. The van der Waals surface area contributed by atoms with Crippen LogP contribution in [0.5, 0.6) is 0 Å². The minimum atomic E-state index is -0.367. The fourth-order valence-electron chi connectivity index (χ4n) is 11.8. The number of nitrogens with zero attached hydrogens (tertiary/aromatic N) is 3. The summed E-state index contributed by atoms with van der Waals surface area (Å²) >= 11 is 0. The fraction of sp³-hybridized carbons (Fsp3) is 0.824. The van der Waals surface area contributed by atoms with E-state index in [1.54, 1.807) is 29.7 Å². The summed E-state index contributed by atoms with van der Waals surface area (Å²) in [5.41, 5.74) is 1.65. The molecule has 0 N–H and O–H groups in total. The van der Waals surface area contributed by atoms with Crippen LogP contribution in [0.1, 0.15) is 118 Å². The van der Waals surface area contributed by atoms with Crippen LogP contribution in [-0.2, 0) is 9.53 Å². The summed E-state index contributed by atoms with van der Waals surface area (Å²) in [5.74, 6) is 2.50. The van der Waals surface area contributed by atoms with Crippen molar-refractivity contribution in [3.63, 3.8) is 0 Å². The van der Waals surface area contributed by atoms with Gasteiger partial charge in [0.2, 0.25) is 5.91 Å². The van der Waals surface area contributed by atoms with Crippen LogP contribution in [0.4, 0.5) is 0 Å². The molecule has 6 rings (SSSR count). The zero-order chi connectivity index (χ0) is 28.9. The van der Waals surface area contributed by atoms with Crippen molar-refractivity contribution in [1.82, 2.24) is 14.8 Å². The molecule has 4 fully saturated rings. The van der Waals surface area contributed by atoms with Crippen LogP contribution in [0.3, 0.4) is 0 Å². The second kappa shape index (κ2) is 9.01. The van der Waals surface area contributed by atoms with Crippen LogP contribution in [0.2, 0.25) is 0 Å². The first kappa shape index (κ1) is 28.2. The molecular weight excluding hydrogens is 498 g/mol. The van der Waals surface area contributed by atoms with E-state index in [-0.39, 0.29) is 51.0 Å². The molecule has 0 spiro atoms. The maximum Gasteiger partial charge on any atom is 0.302 e. The van der Waals surface area contributed by atoms with Crippen LogP contribution < -0.4 is 0 Å². The number of ether oxygens (including phenoxy) is 1. The van der Waals surface area contributed by atoms with Crippen LogP contribution in [0, 0.1) is 56.7 Å². The van der Waals surface area contributed by atoms with Gasteiger partial charge >= 0.3 is 5.97 Å². The van der Waals surface area contributed by atoms with Crippen molar-refractivity contribution in [2.75, 3.05) is 0 Å². The molecule has 10 atom stereocenters. The second-order valence-electron chi connectivity index (χ2n) is 15.9. The average molecular weight is 550 g/mol. The van der Waals surface area contributed by atoms with Gasteiger partial charge in [0.1, 0.15) is 18.8 Å². The van der Waals surface area contributed by atoms with E-state index in [0.717, 1.165) is 44.9 Å². The summed E-state index contributed by atoms with van der Waals surface area (Å²) in [6, 6.07) is 0. The van der Waals surface area contributed by atoms with E-state index in [0.29, 0.717) is 23.7 Å². The highest BCUT2D eigenvalue weighted by Crippen LogP contribution is 2.76. The SMILES string of the molecule is CC(=O)O[C@H]1CC[C@]2(C)[C@H]3CC=C4[C@@H]5[C@@H](C)[C@H](C)CC[C@]5(C(=O)n5cnnc5)CC[C@@]4(C)[C@]3(C)CC[C@H]2C1(C)C. The third kappa shape index (κ3) is 3.52. The molecule has 1 heterocycles. The molecule has 6 nitrogen and oxygen atoms in total. The van der Waals surface area contributed by atoms with E-state index in [1.165, 1.54) is 12.8 Å². The Balaban J connectivity index is 1.41. The fourth-order valence-corrected chi connectivity index (χ4v) is 11.8. The standard InChI is InChI=1S/C34H51N3O3/c1-21-11-16-34(29(39)37-19-35-36-20-37)18-17-32(7)24(28(34)22(21)2)9-10-26-31(6)14-13-27(40-23(3)38)30(4,5)25(31)12-15-33(26,32)8/h9,19-22,25-28H,10-18H2,1-8H3/t21-,22+,25+,26-,27+,28+,31+,32-,33-,34+/m1/s1. The molecule has 6 heteroatoms. The first-order valence-electron chi connectivity index (χ1n) is 16.0. The average Bonchev–Trinajstić information content (AvgIpc) is 3.43. The second-order valence-corrected chi connectivity index (χ2v) is 15.9. The number of rotatable bonds is 2. The van der Waals surface area contributed by atoms with E-state index < -0.39 is 0 Å². The highest BCUT2D eigenvalue weighted by atomic mass is 16.5. The van der Waals surface area contributed by atoms with Crippen molar-refractivity contribution >= 4 is 11.9 Å². The Bertz CT molecular complexity index is 1220. The van der Waals surface area contributed by atoms with Crippen LogP contribution in [-0.4, -0.2) is 32.7 Å². The van der Waals surface area contributed by atoms with E-state index in [2.05, 4.69) is 64.7 Å². The monoisotopic (exact) mass is 549 g/mol. The van der Waals surface area contributed by atoms with Crippen molar-refractivity contribution in [3.05, 3.63) is 24.3 Å². The molecule has 0 unspecified atom stereocenters. The molecule has 4 saturated carbocycles. The topological polar surface area (TPSA) is 74.1 Å². The minimum absolute atomic E-state index is 0.00117. The summed E-state index contributed by atoms with van der Waals surface area (Å²) < 4.78 is 7.59. The number of carbonyl (C=O) groups excluding carboxylic acids is 2. The molecule has 0 aliphatic heterocycles. The molecule has 40 heavy (non-hydrogen) atoms. The Hall–Kier alpha value is -1.98. The Morgan fingerprint density at radius 2 is 1.60 bits per heavy atom. The van der Waals surface area contributed by atoms with Gasteiger partial charge in [-0.05, 0) is 104 Å². The Morgan fingerprint density at radius 1 is 0.900 bits per heavy atom. The lowest BCUT2D eigenvalue weighted by Crippen LogP contribution is -2.65. The van der Waals surface area contributed by atoms with Gasteiger partial charge in [0.15, 0.2) is 0 Å². The van der Waals surface area contributed by atoms with E-state index in [1.807, 2.05) is 0 Å². The number of allylic oxidation sites excluding steroid dienone is 2. The number of carbonyl (C=O) groups is 2. The molecule has 1 aromatic rings. The zero-order valence-electron chi connectivity index (χ0n) is 26.1. The van der Waals surface area contributed by atoms with E-state index >= 15 is 0 Å². The van der Waals surface area contributed by atoms with Crippen molar-refractivity contribution in [1.29, 1.82) is 0 Å². The third-order valence-corrected chi connectivity index (χ3v) is 14.3.